The van der Waals surface area contributed by atoms with Crippen molar-refractivity contribution in [1.82, 2.24) is 9.97 Å². The van der Waals surface area contributed by atoms with Gasteiger partial charge in [0.05, 0.1) is 6.10 Å². The molecule has 4 heteroatoms. The van der Waals surface area contributed by atoms with Gasteiger partial charge >= 0.3 is 0 Å². The zero-order chi connectivity index (χ0) is 13.8. The Morgan fingerprint density at radius 3 is 2.63 bits per heavy atom. The van der Waals surface area contributed by atoms with Gasteiger partial charge in [0.1, 0.15) is 11.6 Å². The average Bonchev–Trinajstić information content (AvgIpc) is 2.35. The molecular weight excluding hydrogens is 238 g/mol. The molecule has 0 spiro atoms. The van der Waals surface area contributed by atoms with Crippen LogP contribution in [0.2, 0.25) is 0 Å². The Balaban J connectivity index is 2.02. The van der Waals surface area contributed by atoms with Gasteiger partial charge in [0.15, 0.2) is 0 Å². The number of hydrogen-bond acceptors (Lipinski definition) is 4. The van der Waals surface area contributed by atoms with Crippen molar-refractivity contribution in [2.45, 2.75) is 26.9 Å². The van der Waals surface area contributed by atoms with Crippen LogP contribution in [0.3, 0.4) is 0 Å². The molecular formula is C15H19N3O. The van der Waals surface area contributed by atoms with E-state index in [1.54, 1.807) is 0 Å². The van der Waals surface area contributed by atoms with E-state index in [1.807, 2.05) is 51.1 Å². The van der Waals surface area contributed by atoms with E-state index in [2.05, 4.69) is 15.3 Å². The molecule has 0 bridgehead atoms. The Hall–Kier alpha value is -1.94. The van der Waals surface area contributed by atoms with Crippen molar-refractivity contribution in [3.63, 3.8) is 0 Å². The number of hydrogen-bond donors (Lipinski definition) is 2. The predicted octanol–water partition coefficient (Wildman–Crippen LogP) is 2.55. The molecule has 0 aliphatic heterocycles. The maximum atomic E-state index is 10.1. The zero-order valence-corrected chi connectivity index (χ0v) is 11.5. The second kappa shape index (κ2) is 5.80. The molecule has 100 valence electrons. The number of aromatic nitrogens is 2. The van der Waals surface area contributed by atoms with Crippen LogP contribution in [0.1, 0.15) is 28.7 Å². The van der Waals surface area contributed by atoms with E-state index in [0.717, 1.165) is 28.5 Å². The van der Waals surface area contributed by atoms with Crippen molar-refractivity contribution in [2.75, 3.05) is 11.9 Å². The molecule has 4 nitrogen and oxygen atoms in total. The van der Waals surface area contributed by atoms with Crippen molar-refractivity contribution in [3.05, 3.63) is 53.0 Å². The van der Waals surface area contributed by atoms with Gasteiger partial charge in [0, 0.05) is 18.3 Å². The molecule has 0 radical (unpaired) electrons. The Bertz CT molecular complexity index is 549. The molecule has 1 atom stereocenters. The normalized spacial score (nSPS) is 12.2. The number of rotatable bonds is 4. The summed E-state index contributed by atoms with van der Waals surface area (Å²) in [5, 5.41) is 13.3. The molecule has 1 aromatic carbocycles. The first-order valence-corrected chi connectivity index (χ1v) is 6.35. The van der Waals surface area contributed by atoms with Crippen molar-refractivity contribution in [3.8, 4) is 0 Å². The van der Waals surface area contributed by atoms with Crippen molar-refractivity contribution < 1.29 is 5.11 Å². The number of aliphatic hydroxyl groups is 1. The molecule has 2 aromatic rings. The van der Waals surface area contributed by atoms with E-state index in [9.17, 15) is 5.11 Å². The molecule has 0 aliphatic carbocycles. The van der Waals surface area contributed by atoms with Gasteiger partial charge < -0.3 is 10.4 Å². The van der Waals surface area contributed by atoms with Gasteiger partial charge in [-0.05, 0) is 26.3 Å². The maximum Gasteiger partial charge on any atom is 0.130 e. The van der Waals surface area contributed by atoms with Crippen LogP contribution in [0.15, 0.2) is 30.3 Å². The summed E-state index contributed by atoms with van der Waals surface area (Å²) in [6, 6.07) is 9.75. The van der Waals surface area contributed by atoms with E-state index in [4.69, 9.17) is 0 Å². The summed E-state index contributed by atoms with van der Waals surface area (Å²) in [7, 11) is 0. The summed E-state index contributed by atoms with van der Waals surface area (Å²) < 4.78 is 0. The van der Waals surface area contributed by atoms with E-state index in [0.29, 0.717) is 6.54 Å². The first kappa shape index (κ1) is 13.5. The number of benzene rings is 1. The van der Waals surface area contributed by atoms with Crippen LogP contribution in [0.4, 0.5) is 5.82 Å². The molecule has 19 heavy (non-hydrogen) atoms. The summed E-state index contributed by atoms with van der Waals surface area (Å²) in [5.41, 5.74) is 2.97. The lowest BCUT2D eigenvalue weighted by Crippen LogP contribution is -2.13. The van der Waals surface area contributed by atoms with Crippen LogP contribution < -0.4 is 5.32 Å². The highest BCUT2D eigenvalue weighted by atomic mass is 16.3. The third-order valence-electron chi connectivity index (χ3n) is 2.87. The third-order valence-corrected chi connectivity index (χ3v) is 2.87. The van der Waals surface area contributed by atoms with Crippen LogP contribution >= 0.6 is 0 Å². The second-order valence-corrected chi connectivity index (χ2v) is 4.75. The van der Waals surface area contributed by atoms with Crippen molar-refractivity contribution in [2.24, 2.45) is 0 Å². The van der Waals surface area contributed by atoms with E-state index in [1.165, 1.54) is 0 Å². The Labute approximate surface area is 113 Å². The summed E-state index contributed by atoms with van der Waals surface area (Å²) in [5.74, 6) is 1.48. The first-order valence-electron chi connectivity index (χ1n) is 6.35. The van der Waals surface area contributed by atoms with Gasteiger partial charge in [0.25, 0.3) is 0 Å². The Morgan fingerprint density at radius 2 is 1.95 bits per heavy atom. The van der Waals surface area contributed by atoms with Gasteiger partial charge in [-0.15, -0.1) is 0 Å². The van der Waals surface area contributed by atoms with Gasteiger partial charge in [-0.2, -0.15) is 0 Å². The fourth-order valence-electron chi connectivity index (χ4n) is 2.00. The van der Waals surface area contributed by atoms with Crippen LogP contribution in [0.25, 0.3) is 0 Å². The van der Waals surface area contributed by atoms with Crippen LogP contribution in [0, 0.1) is 20.8 Å². The van der Waals surface area contributed by atoms with E-state index < -0.39 is 6.10 Å². The van der Waals surface area contributed by atoms with E-state index >= 15 is 0 Å². The number of nitrogens with zero attached hydrogens (tertiary/aromatic N) is 2. The highest BCUT2D eigenvalue weighted by molar-refractivity contribution is 5.36. The Morgan fingerprint density at radius 1 is 1.16 bits per heavy atom. The molecule has 0 fully saturated rings. The standard InChI is InChI=1S/C15H19N3O/c1-10-5-4-6-13(7-10)14(19)9-16-15-8-11(2)17-12(3)18-15/h4-8,14,19H,9H2,1-3H3,(H,16,17,18). The number of aliphatic hydroxyl groups excluding tert-OH is 1. The monoisotopic (exact) mass is 257 g/mol. The minimum absolute atomic E-state index is 0.430. The zero-order valence-electron chi connectivity index (χ0n) is 11.5. The summed E-state index contributed by atoms with van der Waals surface area (Å²) in [6.07, 6.45) is -0.546. The lowest BCUT2D eigenvalue weighted by molar-refractivity contribution is 0.191. The summed E-state index contributed by atoms with van der Waals surface area (Å²) in [4.78, 5) is 8.50. The van der Waals surface area contributed by atoms with Crippen molar-refractivity contribution in [1.29, 1.82) is 0 Å². The van der Waals surface area contributed by atoms with Gasteiger partial charge in [-0.3, -0.25) is 0 Å². The third kappa shape index (κ3) is 3.76. The SMILES string of the molecule is Cc1cccc(C(O)CNc2cc(C)nc(C)n2)c1. The quantitative estimate of drug-likeness (QED) is 0.883. The largest absolute Gasteiger partial charge is 0.387 e. The molecule has 1 unspecified atom stereocenters. The molecule has 0 saturated heterocycles. The first-order chi connectivity index (χ1) is 9.04. The lowest BCUT2D eigenvalue weighted by atomic mass is 10.1. The molecule has 1 heterocycles. The van der Waals surface area contributed by atoms with Gasteiger partial charge in [-0.1, -0.05) is 29.8 Å². The molecule has 0 aliphatic rings. The highest BCUT2D eigenvalue weighted by Gasteiger charge is 2.08. The minimum atomic E-state index is -0.546. The number of anilines is 1. The molecule has 2 N–H and O–H groups in total. The summed E-state index contributed by atoms with van der Waals surface area (Å²) in [6.45, 7) is 6.23. The van der Waals surface area contributed by atoms with Crippen molar-refractivity contribution >= 4 is 5.82 Å². The molecule has 1 aromatic heterocycles. The van der Waals surface area contributed by atoms with Crippen LogP contribution in [-0.4, -0.2) is 21.6 Å². The second-order valence-electron chi connectivity index (χ2n) is 4.75. The lowest BCUT2D eigenvalue weighted by Gasteiger charge is -2.13. The molecule has 0 saturated carbocycles. The summed E-state index contributed by atoms with van der Waals surface area (Å²) >= 11 is 0. The maximum absolute atomic E-state index is 10.1. The molecule has 2 rings (SSSR count). The number of aryl methyl sites for hydroxylation is 3. The smallest absolute Gasteiger partial charge is 0.130 e. The molecule has 0 amide bonds. The average molecular weight is 257 g/mol. The Kier molecular flexibility index (Phi) is 4.12. The minimum Gasteiger partial charge on any atom is -0.387 e. The highest BCUT2D eigenvalue weighted by Crippen LogP contribution is 2.15. The van der Waals surface area contributed by atoms with Gasteiger partial charge in [0.2, 0.25) is 0 Å². The fraction of sp³-hybridized carbons (Fsp3) is 0.333. The van der Waals surface area contributed by atoms with Crippen LogP contribution in [0.5, 0.6) is 0 Å². The number of nitrogens with one attached hydrogen (secondary N) is 1. The van der Waals surface area contributed by atoms with Crippen LogP contribution in [-0.2, 0) is 0 Å². The van der Waals surface area contributed by atoms with E-state index in [-0.39, 0.29) is 0 Å². The topological polar surface area (TPSA) is 58.0 Å². The predicted molar refractivity (Wildman–Crippen MR) is 76.1 cm³/mol. The fourth-order valence-corrected chi connectivity index (χ4v) is 2.00. The van der Waals surface area contributed by atoms with Gasteiger partial charge in [-0.25, -0.2) is 9.97 Å².